The normalized spacial score (nSPS) is 9.88. The number of hydrogen-bond acceptors (Lipinski definition) is 4. The Kier molecular flexibility index (Phi) is 4.53. The molecule has 0 aliphatic carbocycles. The molecule has 0 aromatic carbocycles. The number of amides is 2. The highest BCUT2D eigenvalue weighted by Crippen LogP contribution is 2.03. The SMILES string of the molecule is CN(Cc1ccco1)C(=O)CNC(=O)CN. The molecule has 0 spiro atoms. The van der Waals surface area contributed by atoms with Crippen LogP contribution in [0.2, 0.25) is 0 Å². The minimum Gasteiger partial charge on any atom is -0.467 e. The largest absolute Gasteiger partial charge is 0.467 e. The summed E-state index contributed by atoms with van der Waals surface area (Å²) >= 11 is 0. The number of nitrogens with one attached hydrogen (secondary N) is 1. The molecular weight excluding hydrogens is 210 g/mol. The Balaban J connectivity index is 2.33. The molecule has 6 nitrogen and oxygen atoms in total. The van der Waals surface area contributed by atoms with E-state index >= 15 is 0 Å². The minimum atomic E-state index is -0.347. The number of carbonyl (C=O) groups is 2. The molecule has 0 aliphatic heterocycles. The van der Waals surface area contributed by atoms with Crippen LogP contribution in [0.4, 0.5) is 0 Å². The Hall–Kier alpha value is -1.82. The second-order valence-electron chi connectivity index (χ2n) is 3.31. The molecule has 0 saturated carbocycles. The third-order valence-electron chi connectivity index (χ3n) is 2.02. The summed E-state index contributed by atoms with van der Waals surface area (Å²) in [7, 11) is 1.64. The summed E-state index contributed by atoms with van der Waals surface area (Å²) in [5.41, 5.74) is 5.09. The van der Waals surface area contributed by atoms with Crippen LogP contribution in [0.5, 0.6) is 0 Å². The van der Waals surface area contributed by atoms with Crippen LogP contribution in [0, 0.1) is 0 Å². The van der Waals surface area contributed by atoms with Gasteiger partial charge in [-0.2, -0.15) is 0 Å². The highest BCUT2D eigenvalue weighted by Gasteiger charge is 2.11. The van der Waals surface area contributed by atoms with Gasteiger partial charge >= 0.3 is 0 Å². The first kappa shape index (κ1) is 12.3. The molecule has 0 saturated heterocycles. The summed E-state index contributed by atoms with van der Waals surface area (Å²) in [5, 5.41) is 2.41. The predicted molar refractivity (Wildman–Crippen MR) is 57.2 cm³/mol. The standard InChI is InChI=1S/C10H15N3O3/c1-13(7-8-3-2-4-16-8)10(15)6-12-9(14)5-11/h2-4H,5-7,11H2,1H3,(H,12,14). The zero-order valence-corrected chi connectivity index (χ0v) is 9.10. The fourth-order valence-electron chi connectivity index (χ4n) is 1.11. The van der Waals surface area contributed by atoms with Gasteiger partial charge in [-0.25, -0.2) is 0 Å². The van der Waals surface area contributed by atoms with Crippen molar-refractivity contribution in [2.75, 3.05) is 20.1 Å². The lowest BCUT2D eigenvalue weighted by molar-refractivity contribution is -0.132. The molecule has 0 bridgehead atoms. The second-order valence-corrected chi connectivity index (χ2v) is 3.31. The average molecular weight is 225 g/mol. The molecule has 1 aromatic heterocycles. The quantitative estimate of drug-likeness (QED) is 0.694. The average Bonchev–Trinajstić information content (AvgIpc) is 2.77. The molecule has 2 amide bonds. The van der Waals surface area contributed by atoms with Crippen LogP contribution in [0.3, 0.4) is 0 Å². The molecule has 16 heavy (non-hydrogen) atoms. The van der Waals surface area contributed by atoms with Crippen molar-refractivity contribution in [2.24, 2.45) is 5.73 Å². The van der Waals surface area contributed by atoms with Gasteiger partial charge < -0.3 is 20.4 Å². The molecule has 0 aliphatic rings. The third kappa shape index (κ3) is 3.74. The van der Waals surface area contributed by atoms with Crippen LogP contribution in [-0.4, -0.2) is 36.9 Å². The van der Waals surface area contributed by atoms with Crippen molar-refractivity contribution in [3.63, 3.8) is 0 Å². The third-order valence-corrected chi connectivity index (χ3v) is 2.02. The van der Waals surface area contributed by atoms with E-state index in [-0.39, 0.29) is 24.9 Å². The first-order chi connectivity index (χ1) is 7.63. The maximum absolute atomic E-state index is 11.5. The number of nitrogens with zero attached hydrogens (tertiary/aromatic N) is 1. The lowest BCUT2D eigenvalue weighted by Crippen LogP contribution is -2.40. The molecule has 0 radical (unpaired) electrons. The number of rotatable bonds is 5. The molecule has 1 aromatic rings. The number of furan rings is 1. The Morgan fingerprint density at radius 1 is 1.56 bits per heavy atom. The molecule has 1 heterocycles. The molecule has 88 valence electrons. The van der Waals surface area contributed by atoms with E-state index in [4.69, 9.17) is 10.2 Å². The van der Waals surface area contributed by atoms with E-state index in [0.717, 1.165) is 0 Å². The highest BCUT2D eigenvalue weighted by atomic mass is 16.3. The molecule has 6 heteroatoms. The van der Waals surface area contributed by atoms with Crippen molar-refractivity contribution < 1.29 is 14.0 Å². The van der Waals surface area contributed by atoms with Crippen LogP contribution in [-0.2, 0) is 16.1 Å². The van der Waals surface area contributed by atoms with Crippen LogP contribution < -0.4 is 11.1 Å². The van der Waals surface area contributed by atoms with Gasteiger partial charge in [0, 0.05) is 7.05 Å². The molecule has 0 fully saturated rings. The van der Waals surface area contributed by atoms with E-state index < -0.39 is 0 Å². The molecule has 1 rings (SSSR count). The predicted octanol–water partition coefficient (Wildman–Crippen LogP) is -0.687. The zero-order valence-electron chi connectivity index (χ0n) is 9.10. The summed E-state index contributed by atoms with van der Waals surface area (Å²) in [4.78, 5) is 23.8. The van der Waals surface area contributed by atoms with E-state index in [1.807, 2.05) is 0 Å². The topological polar surface area (TPSA) is 88.6 Å². The van der Waals surface area contributed by atoms with Crippen LogP contribution in [0.1, 0.15) is 5.76 Å². The van der Waals surface area contributed by atoms with Gasteiger partial charge in [-0.3, -0.25) is 9.59 Å². The van der Waals surface area contributed by atoms with Gasteiger partial charge in [0.1, 0.15) is 5.76 Å². The molecule has 0 atom stereocenters. The van der Waals surface area contributed by atoms with E-state index in [2.05, 4.69) is 5.32 Å². The van der Waals surface area contributed by atoms with Crippen LogP contribution >= 0.6 is 0 Å². The minimum absolute atomic E-state index is 0.0484. The summed E-state index contributed by atoms with van der Waals surface area (Å²) in [6, 6.07) is 3.53. The van der Waals surface area contributed by atoms with Crippen molar-refractivity contribution in [1.82, 2.24) is 10.2 Å². The smallest absolute Gasteiger partial charge is 0.242 e. The van der Waals surface area contributed by atoms with E-state index in [1.54, 1.807) is 25.4 Å². The Morgan fingerprint density at radius 2 is 2.31 bits per heavy atom. The zero-order chi connectivity index (χ0) is 12.0. The first-order valence-electron chi connectivity index (χ1n) is 4.86. The lowest BCUT2D eigenvalue weighted by Gasteiger charge is -2.15. The van der Waals surface area contributed by atoms with Gasteiger partial charge in [-0.15, -0.1) is 0 Å². The second kappa shape index (κ2) is 5.92. The van der Waals surface area contributed by atoms with Crippen molar-refractivity contribution in [3.05, 3.63) is 24.2 Å². The van der Waals surface area contributed by atoms with E-state index in [1.165, 1.54) is 4.90 Å². The lowest BCUT2D eigenvalue weighted by atomic mass is 10.4. The van der Waals surface area contributed by atoms with Gasteiger partial charge in [0.25, 0.3) is 0 Å². The number of likely N-dealkylation sites (N-methyl/N-ethyl adjacent to an activating group) is 1. The van der Waals surface area contributed by atoms with Gasteiger partial charge in [0.15, 0.2) is 0 Å². The van der Waals surface area contributed by atoms with Crippen molar-refractivity contribution >= 4 is 11.8 Å². The van der Waals surface area contributed by atoms with Gasteiger partial charge in [0.05, 0.1) is 25.9 Å². The maximum atomic E-state index is 11.5. The summed E-state index contributed by atoms with van der Waals surface area (Å²) in [6.45, 7) is 0.215. The molecule has 0 unspecified atom stereocenters. The maximum Gasteiger partial charge on any atom is 0.242 e. The molecule has 3 N–H and O–H groups in total. The first-order valence-corrected chi connectivity index (χ1v) is 4.86. The Labute approximate surface area is 93.4 Å². The van der Waals surface area contributed by atoms with Crippen molar-refractivity contribution in [3.8, 4) is 0 Å². The van der Waals surface area contributed by atoms with Gasteiger partial charge in [0.2, 0.25) is 11.8 Å². The highest BCUT2D eigenvalue weighted by molar-refractivity contribution is 5.85. The van der Waals surface area contributed by atoms with Gasteiger partial charge in [-0.1, -0.05) is 0 Å². The van der Waals surface area contributed by atoms with E-state index in [9.17, 15) is 9.59 Å². The Morgan fingerprint density at radius 3 is 2.88 bits per heavy atom. The summed E-state index contributed by atoms with van der Waals surface area (Å²) < 4.78 is 5.10. The fraction of sp³-hybridized carbons (Fsp3) is 0.400. The summed E-state index contributed by atoms with van der Waals surface area (Å²) in [6.07, 6.45) is 1.55. The Bertz CT molecular complexity index is 348. The van der Waals surface area contributed by atoms with Crippen molar-refractivity contribution in [2.45, 2.75) is 6.54 Å². The summed E-state index contributed by atoms with van der Waals surface area (Å²) in [5.74, 6) is 0.152. The fourth-order valence-corrected chi connectivity index (χ4v) is 1.11. The van der Waals surface area contributed by atoms with Crippen molar-refractivity contribution in [1.29, 1.82) is 0 Å². The van der Waals surface area contributed by atoms with Crippen LogP contribution in [0.25, 0.3) is 0 Å². The number of nitrogens with two attached hydrogens (primary N) is 1. The van der Waals surface area contributed by atoms with Crippen LogP contribution in [0.15, 0.2) is 22.8 Å². The number of hydrogen-bond donors (Lipinski definition) is 2. The number of carbonyl (C=O) groups excluding carboxylic acids is 2. The van der Waals surface area contributed by atoms with Gasteiger partial charge in [-0.05, 0) is 12.1 Å². The monoisotopic (exact) mass is 225 g/mol. The van der Waals surface area contributed by atoms with E-state index in [0.29, 0.717) is 12.3 Å². The molecular formula is C10H15N3O3.